The van der Waals surface area contributed by atoms with Crippen LogP contribution < -0.4 is 5.32 Å². The van der Waals surface area contributed by atoms with Crippen molar-refractivity contribution in [3.05, 3.63) is 34.4 Å². The normalized spacial score (nSPS) is 12.7. The molecule has 0 aliphatic rings. The van der Waals surface area contributed by atoms with Crippen molar-refractivity contribution in [2.75, 3.05) is 6.54 Å². The Morgan fingerprint density at radius 3 is 1.89 bits per heavy atom. The highest BCUT2D eigenvalue weighted by Crippen LogP contribution is 2.26. The maximum absolute atomic E-state index is 3.64. The summed E-state index contributed by atoms with van der Waals surface area (Å²) in [5.41, 5.74) is 6.09. The maximum atomic E-state index is 3.64. The molecule has 1 rings (SSSR count). The molecule has 0 saturated carbocycles. The van der Waals surface area contributed by atoms with E-state index in [2.05, 4.69) is 52.1 Å². The molecule has 0 amide bonds. The minimum atomic E-state index is 0.473. The molecule has 1 N–H and O–H groups in total. The summed E-state index contributed by atoms with van der Waals surface area (Å²) in [6.45, 7) is 12.4. The lowest BCUT2D eigenvalue weighted by atomic mass is 9.90. The third-order valence-electron chi connectivity index (χ3n) is 3.71. The minimum Gasteiger partial charge on any atom is -0.310 e. The van der Waals surface area contributed by atoms with E-state index in [1.54, 1.807) is 5.56 Å². The molecule has 1 aromatic rings. The first-order valence-electron chi connectivity index (χ1n) is 7.55. The van der Waals surface area contributed by atoms with E-state index >= 15 is 0 Å². The van der Waals surface area contributed by atoms with E-state index in [0.717, 1.165) is 25.8 Å². The van der Waals surface area contributed by atoms with Gasteiger partial charge >= 0.3 is 0 Å². The van der Waals surface area contributed by atoms with Crippen LogP contribution in [0.5, 0.6) is 0 Å². The van der Waals surface area contributed by atoms with Crippen LogP contribution in [0.3, 0.4) is 0 Å². The van der Waals surface area contributed by atoms with Crippen LogP contribution in [0, 0.1) is 0 Å². The van der Waals surface area contributed by atoms with Gasteiger partial charge in [0.2, 0.25) is 0 Å². The van der Waals surface area contributed by atoms with Crippen molar-refractivity contribution in [1.29, 1.82) is 0 Å². The predicted octanol–water partition coefficient (Wildman–Crippen LogP) is 4.43. The highest BCUT2D eigenvalue weighted by Gasteiger charge is 2.14. The van der Waals surface area contributed by atoms with E-state index in [9.17, 15) is 0 Å². The highest BCUT2D eigenvalue weighted by atomic mass is 14.9. The lowest BCUT2D eigenvalue weighted by Crippen LogP contribution is -2.22. The number of rotatable bonds is 7. The number of aryl methyl sites for hydroxylation is 3. The molecule has 0 spiro atoms. The fraction of sp³-hybridized carbons (Fsp3) is 0.647. The van der Waals surface area contributed by atoms with E-state index in [0.29, 0.717) is 6.04 Å². The van der Waals surface area contributed by atoms with E-state index in [1.165, 1.54) is 23.1 Å². The molecule has 1 nitrogen and oxygen atoms in total. The molecule has 1 atom stereocenters. The SMILES string of the molecule is CCCNC(C)c1c(CC)cc(CC)cc1CC. The molecular weight excluding hydrogens is 218 g/mol. The third-order valence-corrected chi connectivity index (χ3v) is 3.71. The van der Waals surface area contributed by atoms with Crippen LogP contribution in [-0.2, 0) is 19.3 Å². The van der Waals surface area contributed by atoms with Gasteiger partial charge in [0.25, 0.3) is 0 Å². The molecule has 0 aromatic heterocycles. The van der Waals surface area contributed by atoms with Gasteiger partial charge in [0.1, 0.15) is 0 Å². The zero-order valence-corrected chi connectivity index (χ0v) is 12.8. The summed E-state index contributed by atoms with van der Waals surface area (Å²) in [5.74, 6) is 0. The Morgan fingerprint density at radius 1 is 0.944 bits per heavy atom. The van der Waals surface area contributed by atoms with E-state index < -0.39 is 0 Å². The zero-order valence-electron chi connectivity index (χ0n) is 12.8. The summed E-state index contributed by atoms with van der Waals surface area (Å²) in [5, 5.41) is 3.64. The summed E-state index contributed by atoms with van der Waals surface area (Å²) in [7, 11) is 0. The number of benzene rings is 1. The standard InChI is InChI=1S/C17H29N/c1-6-10-18-13(5)17-15(8-3)11-14(7-2)12-16(17)9-4/h11-13,18H,6-10H2,1-5H3. The fourth-order valence-corrected chi connectivity index (χ4v) is 2.66. The van der Waals surface area contributed by atoms with Crippen LogP contribution >= 0.6 is 0 Å². The van der Waals surface area contributed by atoms with Crippen molar-refractivity contribution in [1.82, 2.24) is 5.32 Å². The van der Waals surface area contributed by atoms with Gasteiger partial charge in [-0.3, -0.25) is 0 Å². The van der Waals surface area contributed by atoms with Gasteiger partial charge in [-0.2, -0.15) is 0 Å². The number of hydrogen-bond acceptors (Lipinski definition) is 1. The van der Waals surface area contributed by atoms with Crippen molar-refractivity contribution in [3.8, 4) is 0 Å². The number of hydrogen-bond donors (Lipinski definition) is 1. The second-order valence-electron chi connectivity index (χ2n) is 5.06. The van der Waals surface area contributed by atoms with Crippen molar-refractivity contribution in [3.63, 3.8) is 0 Å². The second-order valence-corrected chi connectivity index (χ2v) is 5.06. The van der Waals surface area contributed by atoms with Gasteiger partial charge < -0.3 is 5.32 Å². The van der Waals surface area contributed by atoms with Crippen molar-refractivity contribution >= 4 is 0 Å². The Balaban J connectivity index is 3.13. The summed E-state index contributed by atoms with van der Waals surface area (Å²) in [6.07, 6.45) is 4.60. The summed E-state index contributed by atoms with van der Waals surface area (Å²) in [4.78, 5) is 0. The predicted molar refractivity (Wildman–Crippen MR) is 81.3 cm³/mol. The molecule has 0 radical (unpaired) electrons. The average molecular weight is 247 g/mol. The molecule has 1 unspecified atom stereocenters. The zero-order chi connectivity index (χ0) is 13.5. The van der Waals surface area contributed by atoms with E-state index in [1.807, 2.05) is 0 Å². The average Bonchev–Trinajstić information content (AvgIpc) is 2.42. The van der Waals surface area contributed by atoms with Crippen LogP contribution in [0.2, 0.25) is 0 Å². The van der Waals surface area contributed by atoms with Crippen molar-refractivity contribution < 1.29 is 0 Å². The maximum Gasteiger partial charge on any atom is 0.0297 e. The topological polar surface area (TPSA) is 12.0 Å². The second kappa shape index (κ2) is 7.58. The van der Waals surface area contributed by atoms with Crippen molar-refractivity contribution in [2.45, 2.75) is 66.3 Å². The summed E-state index contributed by atoms with van der Waals surface area (Å²) < 4.78 is 0. The fourth-order valence-electron chi connectivity index (χ4n) is 2.66. The van der Waals surface area contributed by atoms with E-state index in [4.69, 9.17) is 0 Å². The summed E-state index contributed by atoms with van der Waals surface area (Å²) >= 11 is 0. The van der Waals surface area contributed by atoms with Gasteiger partial charge in [-0.05, 0) is 61.4 Å². The van der Waals surface area contributed by atoms with Crippen LogP contribution in [-0.4, -0.2) is 6.54 Å². The van der Waals surface area contributed by atoms with Crippen LogP contribution in [0.1, 0.15) is 69.3 Å². The largest absolute Gasteiger partial charge is 0.310 e. The van der Waals surface area contributed by atoms with Gasteiger partial charge in [-0.1, -0.05) is 39.8 Å². The molecule has 0 heterocycles. The van der Waals surface area contributed by atoms with Crippen LogP contribution in [0.25, 0.3) is 0 Å². The van der Waals surface area contributed by atoms with Crippen LogP contribution in [0.4, 0.5) is 0 Å². The van der Waals surface area contributed by atoms with Gasteiger partial charge in [-0.25, -0.2) is 0 Å². The Bertz CT molecular complexity index is 343. The Hall–Kier alpha value is -0.820. The first-order valence-corrected chi connectivity index (χ1v) is 7.55. The molecule has 0 aliphatic carbocycles. The van der Waals surface area contributed by atoms with Gasteiger partial charge in [0.05, 0.1) is 0 Å². The Labute approximate surface area is 113 Å². The highest BCUT2D eigenvalue weighted by molar-refractivity contribution is 5.41. The molecule has 18 heavy (non-hydrogen) atoms. The smallest absolute Gasteiger partial charge is 0.0297 e. The van der Waals surface area contributed by atoms with Gasteiger partial charge in [0, 0.05) is 6.04 Å². The molecule has 0 saturated heterocycles. The van der Waals surface area contributed by atoms with Crippen LogP contribution in [0.15, 0.2) is 12.1 Å². The lowest BCUT2D eigenvalue weighted by Gasteiger charge is -2.22. The van der Waals surface area contributed by atoms with E-state index in [-0.39, 0.29) is 0 Å². The first kappa shape index (κ1) is 15.2. The Kier molecular flexibility index (Phi) is 6.42. The van der Waals surface area contributed by atoms with Gasteiger partial charge in [0.15, 0.2) is 0 Å². The third kappa shape index (κ3) is 3.58. The molecule has 0 bridgehead atoms. The molecule has 1 aromatic carbocycles. The van der Waals surface area contributed by atoms with Crippen molar-refractivity contribution in [2.24, 2.45) is 0 Å². The van der Waals surface area contributed by atoms with Gasteiger partial charge in [-0.15, -0.1) is 0 Å². The Morgan fingerprint density at radius 2 is 1.50 bits per heavy atom. The molecule has 0 fully saturated rings. The molecule has 1 heteroatoms. The summed E-state index contributed by atoms with van der Waals surface area (Å²) in [6, 6.07) is 5.28. The molecular formula is C17H29N. The molecule has 0 aliphatic heterocycles. The molecule has 102 valence electrons. The lowest BCUT2D eigenvalue weighted by molar-refractivity contribution is 0.562. The monoisotopic (exact) mass is 247 g/mol. The first-order chi connectivity index (χ1) is 8.67. The minimum absolute atomic E-state index is 0.473. The number of nitrogens with one attached hydrogen (secondary N) is 1. The quantitative estimate of drug-likeness (QED) is 0.751.